The highest BCUT2D eigenvalue weighted by Crippen LogP contribution is 2.40. The molecule has 0 radical (unpaired) electrons. The van der Waals surface area contributed by atoms with Crippen molar-refractivity contribution in [2.75, 3.05) is 13.7 Å². The molecule has 0 fully saturated rings. The van der Waals surface area contributed by atoms with E-state index >= 15 is 0 Å². The second-order valence-corrected chi connectivity index (χ2v) is 18.9. The van der Waals surface area contributed by atoms with Crippen LogP contribution in [0.2, 0.25) is 10.0 Å². The molecule has 2 atom stereocenters. The van der Waals surface area contributed by atoms with Gasteiger partial charge in [0.1, 0.15) is 23.5 Å². The third kappa shape index (κ3) is 11.9. The molecule has 0 aliphatic rings. The van der Waals surface area contributed by atoms with E-state index in [1.54, 1.807) is 75.0 Å². The van der Waals surface area contributed by atoms with Crippen molar-refractivity contribution in [3.63, 3.8) is 0 Å². The van der Waals surface area contributed by atoms with E-state index in [0.29, 0.717) is 56.4 Å². The fourth-order valence-electron chi connectivity index (χ4n) is 9.00. The molecule has 4 aromatic carbocycles. The van der Waals surface area contributed by atoms with E-state index in [1.807, 2.05) is 55.5 Å². The maximum absolute atomic E-state index is 13.8. The average molecular weight is 1050 g/mol. The van der Waals surface area contributed by atoms with Gasteiger partial charge in [-0.25, -0.2) is 19.6 Å². The van der Waals surface area contributed by atoms with Crippen LogP contribution in [-0.4, -0.2) is 62.4 Å². The Hall–Kier alpha value is -6.23. The highest BCUT2D eigenvalue weighted by Gasteiger charge is 2.28. The van der Waals surface area contributed by atoms with Crippen LogP contribution < -0.4 is 22.5 Å². The van der Waals surface area contributed by atoms with Gasteiger partial charge in [-0.3, -0.25) is 27.9 Å². The maximum atomic E-state index is 13.8. The van der Waals surface area contributed by atoms with Crippen LogP contribution in [-0.2, 0) is 27.2 Å². The number of aromatic nitrogens is 6. The van der Waals surface area contributed by atoms with Crippen LogP contribution in [0.4, 0.5) is 0 Å². The first kappa shape index (κ1) is 57.7. The molecular formula is C56H63Cl3N6O8. The van der Waals surface area contributed by atoms with Crippen molar-refractivity contribution in [1.82, 2.24) is 28.2 Å². The van der Waals surface area contributed by atoms with Crippen LogP contribution in [0, 0.1) is 0 Å². The summed E-state index contributed by atoms with van der Waals surface area (Å²) >= 11 is 12.2. The SMILES string of the molecule is CC(C)c1ccccc1-c1cnc2c(c1C(O)c1ccc(Cl)cc1)c(=O)n(CCCO)c(=O)n2C.CCCCn1c(=O)c2c(C(O)c3ccc(Cl)cc3)c(-c3ccccc3C(C)C)cnc2n(C)c1=O.CO.Cl. The number of fused-ring (bicyclic) bond motifs is 2. The van der Waals surface area contributed by atoms with Crippen LogP contribution in [0.25, 0.3) is 44.3 Å². The number of aliphatic hydroxyl groups is 4. The fourth-order valence-corrected chi connectivity index (χ4v) is 9.25. The average Bonchev–Trinajstić information content (AvgIpc) is 3.39. The summed E-state index contributed by atoms with van der Waals surface area (Å²) in [6.07, 6.45) is 2.76. The van der Waals surface area contributed by atoms with Gasteiger partial charge in [0, 0.05) is 85.6 Å². The molecule has 17 heteroatoms. The number of hydrogen-bond acceptors (Lipinski definition) is 10. The van der Waals surface area contributed by atoms with E-state index in [-0.39, 0.29) is 65.9 Å². The van der Waals surface area contributed by atoms with E-state index < -0.39 is 34.7 Å². The van der Waals surface area contributed by atoms with Crippen LogP contribution >= 0.6 is 35.6 Å². The van der Waals surface area contributed by atoms with Crippen LogP contribution in [0.1, 0.15) is 111 Å². The Morgan fingerprint density at radius 1 is 0.548 bits per heavy atom. The van der Waals surface area contributed by atoms with Crippen LogP contribution in [0.3, 0.4) is 0 Å². The monoisotopic (exact) mass is 1050 g/mol. The predicted molar refractivity (Wildman–Crippen MR) is 295 cm³/mol. The summed E-state index contributed by atoms with van der Waals surface area (Å²) in [5.74, 6) is 0.396. The van der Waals surface area contributed by atoms with Crippen molar-refractivity contribution in [1.29, 1.82) is 0 Å². The number of aliphatic hydroxyl groups excluding tert-OH is 4. The molecular weight excluding hydrogens is 991 g/mol. The molecule has 4 aromatic heterocycles. The second kappa shape index (κ2) is 25.6. The summed E-state index contributed by atoms with van der Waals surface area (Å²) < 4.78 is 5.05. The van der Waals surface area contributed by atoms with Crippen molar-refractivity contribution in [2.45, 2.75) is 91.0 Å². The van der Waals surface area contributed by atoms with Gasteiger partial charge in [-0.15, -0.1) is 12.4 Å². The van der Waals surface area contributed by atoms with E-state index in [1.165, 1.54) is 13.7 Å². The summed E-state index contributed by atoms with van der Waals surface area (Å²) in [4.78, 5) is 62.5. The quantitative estimate of drug-likeness (QED) is 0.0815. The van der Waals surface area contributed by atoms with E-state index in [0.717, 1.165) is 40.4 Å². The summed E-state index contributed by atoms with van der Waals surface area (Å²) in [6.45, 7) is 10.6. The molecule has 0 aliphatic heterocycles. The first-order valence-corrected chi connectivity index (χ1v) is 24.6. The molecule has 0 aliphatic carbocycles. The van der Waals surface area contributed by atoms with Crippen LogP contribution in [0.5, 0.6) is 0 Å². The lowest BCUT2D eigenvalue weighted by molar-refractivity contribution is 0.222. The van der Waals surface area contributed by atoms with Gasteiger partial charge in [0.2, 0.25) is 0 Å². The minimum atomic E-state index is -1.18. The second-order valence-electron chi connectivity index (χ2n) is 18.0. The smallest absolute Gasteiger partial charge is 0.332 e. The first-order chi connectivity index (χ1) is 34.5. The van der Waals surface area contributed by atoms with Gasteiger partial charge in [0.25, 0.3) is 11.1 Å². The zero-order chi connectivity index (χ0) is 52.6. The summed E-state index contributed by atoms with van der Waals surface area (Å²) in [6, 6.07) is 29.5. The normalized spacial score (nSPS) is 12.0. The molecule has 0 saturated heterocycles. The lowest BCUT2D eigenvalue weighted by Gasteiger charge is -2.22. The number of benzene rings is 4. The summed E-state index contributed by atoms with van der Waals surface area (Å²) in [5, 5.41) is 41.1. The molecule has 0 bridgehead atoms. The van der Waals surface area contributed by atoms with E-state index in [4.69, 9.17) is 28.3 Å². The molecule has 0 spiro atoms. The van der Waals surface area contributed by atoms with Crippen molar-refractivity contribution in [2.24, 2.45) is 14.1 Å². The number of pyridine rings is 2. The third-order valence-corrected chi connectivity index (χ3v) is 13.2. The Kier molecular flexibility index (Phi) is 20.2. The van der Waals surface area contributed by atoms with E-state index in [2.05, 4.69) is 37.7 Å². The Morgan fingerprint density at radius 3 is 1.25 bits per heavy atom. The molecule has 2 unspecified atom stereocenters. The number of rotatable bonds is 14. The highest BCUT2D eigenvalue weighted by molar-refractivity contribution is 6.30. The number of hydrogen-bond donors (Lipinski definition) is 4. The molecule has 4 heterocycles. The molecule has 386 valence electrons. The first-order valence-electron chi connectivity index (χ1n) is 23.9. The largest absolute Gasteiger partial charge is 0.400 e. The number of halogens is 3. The topological polar surface area (TPSA) is 195 Å². The summed E-state index contributed by atoms with van der Waals surface area (Å²) in [5.41, 5.74) is 5.66. The van der Waals surface area contributed by atoms with E-state index in [9.17, 15) is 34.5 Å². The third-order valence-electron chi connectivity index (χ3n) is 12.7. The minimum absolute atomic E-state index is 0. The molecule has 4 N–H and O–H groups in total. The van der Waals surface area contributed by atoms with Gasteiger partial charge in [0.15, 0.2) is 0 Å². The zero-order valence-corrected chi connectivity index (χ0v) is 44.5. The molecule has 14 nitrogen and oxygen atoms in total. The number of aryl methyl sites for hydroxylation is 2. The van der Waals surface area contributed by atoms with Gasteiger partial charge in [0.05, 0.1) is 10.8 Å². The Labute approximate surface area is 439 Å². The standard InChI is InChI=1S/C28H30ClN3O3.C27H28ClN3O4.CH4O.ClH/c1-5-6-15-32-27(34)24-23(25(33)18-11-13-19(29)14-12-18)22(16-30-26(24)31(4)28(32)35)21-10-8-7-9-20(21)17(2)3;1-16(2)19-7-4-5-8-20(19)21-15-29-25-23(22(21)24(33)17-9-11-18(28)12-10-17)26(34)31(13-6-14-32)27(35)30(25)3;1-2;/h7-14,16-17,25,33H,5-6,15H2,1-4H3;4-5,7-12,15-16,24,32-33H,6,13-14H2,1-3H3;2H,1H3;1H. The van der Waals surface area contributed by atoms with Gasteiger partial charge in [-0.1, -0.05) is 137 Å². The molecule has 0 saturated carbocycles. The van der Waals surface area contributed by atoms with Crippen molar-refractivity contribution < 1.29 is 20.4 Å². The Bertz CT molecular complexity index is 3210. The molecule has 8 rings (SSSR count). The van der Waals surface area contributed by atoms with Gasteiger partial charge in [-0.2, -0.15) is 0 Å². The Balaban J connectivity index is 0.000000258. The summed E-state index contributed by atoms with van der Waals surface area (Å²) in [7, 11) is 4.16. The van der Waals surface area contributed by atoms with Gasteiger partial charge >= 0.3 is 11.4 Å². The van der Waals surface area contributed by atoms with Crippen LogP contribution in [0.15, 0.2) is 129 Å². The molecule has 8 aromatic rings. The highest BCUT2D eigenvalue weighted by atomic mass is 35.5. The maximum Gasteiger partial charge on any atom is 0.332 e. The lowest BCUT2D eigenvalue weighted by atomic mass is 9.87. The van der Waals surface area contributed by atoms with Crippen molar-refractivity contribution in [3.8, 4) is 22.3 Å². The van der Waals surface area contributed by atoms with Gasteiger partial charge in [-0.05, 0) is 82.3 Å². The molecule has 0 amide bonds. The lowest BCUT2D eigenvalue weighted by Crippen LogP contribution is -2.40. The number of unbranched alkanes of at least 4 members (excludes halogenated alkanes) is 1. The predicted octanol–water partition coefficient (Wildman–Crippen LogP) is 9.45. The minimum Gasteiger partial charge on any atom is -0.400 e. The van der Waals surface area contributed by atoms with Crippen molar-refractivity contribution in [3.05, 3.63) is 195 Å². The molecule has 73 heavy (non-hydrogen) atoms. The number of nitrogens with zero attached hydrogens (tertiary/aromatic N) is 6. The van der Waals surface area contributed by atoms with Gasteiger partial charge < -0.3 is 20.4 Å². The Morgan fingerprint density at radius 2 is 0.904 bits per heavy atom. The van der Waals surface area contributed by atoms with Crippen molar-refractivity contribution >= 4 is 57.7 Å². The zero-order valence-electron chi connectivity index (χ0n) is 42.2. The fraction of sp³-hybridized carbons (Fsp3) is 0.321.